The first-order valence-corrected chi connectivity index (χ1v) is 10.2. The zero-order valence-electron chi connectivity index (χ0n) is 16.9. The number of carbonyl (C=O) groups excluding carboxylic acids is 1. The number of rotatable bonds is 4. The van der Waals surface area contributed by atoms with Gasteiger partial charge in [0, 0.05) is 17.3 Å². The first kappa shape index (κ1) is 22.9. The summed E-state index contributed by atoms with van der Waals surface area (Å²) in [7, 11) is 0. The van der Waals surface area contributed by atoms with Crippen LogP contribution in [0.4, 0.5) is 13.2 Å². The molecule has 0 aromatic heterocycles. The average Bonchev–Trinajstić information content (AvgIpc) is 2.83. The lowest BCUT2D eigenvalue weighted by atomic mass is 9.98. The van der Waals surface area contributed by atoms with Crippen molar-refractivity contribution in [3.63, 3.8) is 0 Å². The van der Waals surface area contributed by atoms with E-state index in [-0.39, 0.29) is 11.9 Å². The number of amides is 1. The zero-order chi connectivity index (χ0) is 22.4. The van der Waals surface area contributed by atoms with E-state index in [4.69, 9.17) is 0 Å². The summed E-state index contributed by atoms with van der Waals surface area (Å²) in [5.74, 6) is -0.331. The van der Waals surface area contributed by atoms with E-state index in [0.717, 1.165) is 30.5 Å². The number of benzene rings is 2. The normalized spacial score (nSPS) is 21.5. The number of thiol groups is 1. The molecule has 2 N–H and O–H groups in total. The van der Waals surface area contributed by atoms with E-state index in [1.807, 2.05) is 31.2 Å². The lowest BCUT2D eigenvalue weighted by Gasteiger charge is -2.14. The van der Waals surface area contributed by atoms with Crippen LogP contribution in [-0.4, -0.2) is 11.9 Å². The molecule has 0 fully saturated rings. The molecule has 0 heterocycles. The number of carbonyl (C=O) groups is 1. The van der Waals surface area contributed by atoms with Crippen molar-refractivity contribution in [2.45, 2.75) is 32.0 Å². The van der Waals surface area contributed by atoms with E-state index < -0.39 is 11.7 Å². The molecule has 1 amide bonds. The summed E-state index contributed by atoms with van der Waals surface area (Å²) < 4.78 is 41.6. The van der Waals surface area contributed by atoms with Crippen molar-refractivity contribution < 1.29 is 18.0 Å². The Balaban J connectivity index is 1.86. The van der Waals surface area contributed by atoms with Crippen LogP contribution in [0.5, 0.6) is 0 Å². The quantitative estimate of drug-likeness (QED) is 0.500. The molecule has 1 aliphatic carbocycles. The molecule has 1 unspecified atom stereocenters. The Kier molecular flexibility index (Phi) is 7.41. The van der Waals surface area contributed by atoms with Gasteiger partial charge in [0.05, 0.1) is 5.56 Å². The molecule has 0 bridgehead atoms. The highest BCUT2D eigenvalue weighted by atomic mass is 32.1. The molecule has 1 atom stereocenters. The van der Waals surface area contributed by atoms with Crippen molar-refractivity contribution in [1.82, 2.24) is 10.0 Å². The van der Waals surface area contributed by atoms with E-state index in [0.29, 0.717) is 22.4 Å². The predicted octanol–water partition coefficient (Wildman–Crippen LogP) is 6.09. The van der Waals surface area contributed by atoms with Crippen molar-refractivity contribution in [2.24, 2.45) is 0 Å². The minimum Gasteiger partial charge on any atom is -0.322 e. The van der Waals surface area contributed by atoms with Gasteiger partial charge in [0.2, 0.25) is 0 Å². The number of halogens is 3. The number of allylic oxidation sites excluding steroid dienone is 3. The second-order valence-electron chi connectivity index (χ2n) is 7.38. The molecule has 0 spiro atoms. The lowest BCUT2D eigenvalue weighted by Crippen LogP contribution is -2.23. The highest BCUT2D eigenvalue weighted by Crippen LogP contribution is 2.32. The van der Waals surface area contributed by atoms with Gasteiger partial charge in [-0.25, -0.2) is 0 Å². The van der Waals surface area contributed by atoms with E-state index >= 15 is 0 Å². The highest BCUT2D eigenvalue weighted by molar-refractivity contribution is 7.78. The lowest BCUT2D eigenvalue weighted by molar-refractivity contribution is -0.137. The summed E-state index contributed by atoms with van der Waals surface area (Å²) in [4.78, 5) is 13.0. The highest BCUT2D eigenvalue weighted by Gasteiger charge is 2.30. The molecule has 2 aromatic rings. The number of hydrogen-bond donors (Lipinski definition) is 3. The van der Waals surface area contributed by atoms with Gasteiger partial charge in [0.25, 0.3) is 5.91 Å². The summed E-state index contributed by atoms with van der Waals surface area (Å²) in [5, 5.41) is 2.91. The fraction of sp³-hybridized carbons (Fsp3) is 0.208. The Morgan fingerprint density at radius 3 is 2.48 bits per heavy atom. The topological polar surface area (TPSA) is 41.1 Å². The van der Waals surface area contributed by atoms with Gasteiger partial charge in [-0.3, -0.25) is 9.52 Å². The molecule has 3 nitrogen and oxygen atoms in total. The van der Waals surface area contributed by atoms with Crippen molar-refractivity contribution in [3.05, 3.63) is 95.2 Å². The van der Waals surface area contributed by atoms with E-state index in [2.05, 4.69) is 22.9 Å². The molecule has 31 heavy (non-hydrogen) atoms. The largest absolute Gasteiger partial charge is 0.416 e. The van der Waals surface area contributed by atoms with Gasteiger partial charge in [-0.1, -0.05) is 60.9 Å². The fourth-order valence-electron chi connectivity index (χ4n) is 3.41. The predicted molar refractivity (Wildman–Crippen MR) is 120 cm³/mol. The smallest absolute Gasteiger partial charge is 0.322 e. The molecule has 162 valence electrons. The molecule has 2 aromatic carbocycles. The SMILES string of the molecule is C\C1=C/C(NC(=O)c2ccccc2-c2ccc(C(F)(F)F)cc2)=C\C=C\CC(NS)C1. The number of nitrogens with one attached hydrogen (secondary N) is 2. The molecule has 0 saturated heterocycles. The van der Waals surface area contributed by atoms with Crippen molar-refractivity contribution in [1.29, 1.82) is 0 Å². The van der Waals surface area contributed by atoms with Crippen LogP contribution in [0.3, 0.4) is 0 Å². The Bertz CT molecular complexity index is 1020. The molecule has 1 aliphatic rings. The van der Waals surface area contributed by atoms with Crippen LogP contribution in [0, 0.1) is 0 Å². The minimum atomic E-state index is -4.40. The summed E-state index contributed by atoms with van der Waals surface area (Å²) in [6.07, 6.45) is 4.80. The fourth-order valence-corrected chi connectivity index (χ4v) is 3.60. The Labute approximate surface area is 185 Å². The Morgan fingerprint density at radius 2 is 1.81 bits per heavy atom. The van der Waals surface area contributed by atoms with E-state index in [9.17, 15) is 18.0 Å². The summed E-state index contributed by atoms with van der Waals surface area (Å²) >= 11 is 4.16. The summed E-state index contributed by atoms with van der Waals surface area (Å²) in [6, 6.07) is 11.9. The van der Waals surface area contributed by atoms with E-state index in [1.54, 1.807) is 24.3 Å². The van der Waals surface area contributed by atoms with Crippen LogP contribution in [0.2, 0.25) is 0 Å². The van der Waals surface area contributed by atoms with Crippen molar-refractivity contribution in [2.75, 3.05) is 0 Å². The van der Waals surface area contributed by atoms with Crippen molar-refractivity contribution >= 4 is 18.7 Å². The third-order valence-corrected chi connectivity index (χ3v) is 5.30. The Morgan fingerprint density at radius 1 is 1.10 bits per heavy atom. The third kappa shape index (κ3) is 6.12. The maximum atomic E-state index is 13.0. The van der Waals surface area contributed by atoms with Gasteiger partial charge in [-0.15, -0.1) is 0 Å². The van der Waals surface area contributed by atoms with Gasteiger partial charge in [-0.05, 0) is 61.2 Å². The van der Waals surface area contributed by atoms with Gasteiger partial charge in [0.15, 0.2) is 0 Å². The van der Waals surface area contributed by atoms with E-state index in [1.165, 1.54) is 12.1 Å². The Hall–Kier alpha value is -2.77. The standard InChI is InChI=1S/C24H23F3N2OS/c1-16-14-19(6-2-3-7-20(15-16)29-31)28-23(30)22-9-5-4-8-21(22)17-10-12-18(13-11-17)24(25,26)27/h2-6,8-14,20,29,31H,7,15H2,1H3,(H,28,30)/b3-2+,16-14+,19-6+. The second-order valence-corrected chi connectivity index (χ2v) is 7.64. The zero-order valence-corrected chi connectivity index (χ0v) is 17.8. The average molecular weight is 445 g/mol. The minimum absolute atomic E-state index is 0.194. The van der Waals surface area contributed by atoms with Crippen LogP contribution >= 0.6 is 12.8 Å². The second kappa shape index (κ2) is 10.0. The molecule has 3 rings (SSSR count). The number of hydrogen-bond acceptors (Lipinski definition) is 3. The van der Waals surface area contributed by atoms with Crippen molar-refractivity contribution in [3.8, 4) is 11.1 Å². The maximum absolute atomic E-state index is 13.0. The monoisotopic (exact) mass is 444 g/mol. The molecular formula is C24H23F3N2OS. The maximum Gasteiger partial charge on any atom is 0.416 e. The van der Waals surface area contributed by atoms with Crippen LogP contribution < -0.4 is 10.0 Å². The van der Waals surface area contributed by atoms with Gasteiger partial charge in [0.1, 0.15) is 0 Å². The van der Waals surface area contributed by atoms with Gasteiger partial charge in [-0.2, -0.15) is 13.2 Å². The molecule has 0 saturated carbocycles. The van der Waals surface area contributed by atoms with Crippen LogP contribution in [-0.2, 0) is 6.18 Å². The van der Waals surface area contributed by atoms with Crippen LogP contribution in [0.1, 0.15) is 35.7 Å². The molecule has 7 heteroatoms. The van der Waals surface area contributed by atoms with Crippen LogP contribution in [0.25, 0.3) is 11.1 Å². The molecule has 0 radical (unpaired) electrons. The van der Waals surface area contributed by atoms with Gasteiger partial charge < -0.3 is 5.32 Å². The third-order valence-electron chi connectivity index (χ3n) is 4.94. The van der Waals surface area contributed by atoms with Crippen LogP contribution in [0.15, 0.2) is 84.1 Å². The first-order chi connectivity index (χ1) is 14.8. The van der Waals surface area contributed by atoms with Gasteiger partial charge >= 0.3 is 6.18 Å². The summed E-state index contributed by atoms with van der Waals surface area (Å²) in [5.41, 5.74) is 2.48. The number of alkyl halides is 3. The summed E-state index contributed by atoms with van der Waals surface area (Å²) in [6.45, 7) is 1.99. The molecular weight excluding hydrogens is 421 g/mol. The first-order valence-electron chi connectivity index (χ1n) is 9.79. The molecule has 0 aliphatic heterocycles.